The fourth-order valence-electron chi connectivity index (χ4n) is 3.24. The quantitative estimate of drug-likeness (QED) is 0.0777. The van der Waals surface area contributed by atoms with E-state index in [1.807, 2.05) is 30.3 Å². The predicted molar refractivity (Wildman–Crippen MR) is 166 cm³/mol. The van der Waals surface area contributed by atoms with Gasteiger partial charge in [0.2, 0.25) is 0 Å². The zero-order valence-electron chi connectivity index (χ0n) is 26.3. The second kappa shape index (κ2) is 36.5. The molecule has 0 aromatic heterocycles. The van der Waals surface area contributed by atoms with Crippen molar-refractivity contribution in [3.63, 3.8) is 0 Å². The van der Waals surface area contributed by atoms with Crippen LogP contribution in [0.25, 0.3) is 0 Å². The molecule has 0 aliphatic carbocycles. The molecule has 0 spiro atoms. The third kappa shape index (κ3) is 32.4. The third-order valence-corrected chi connectivity index (χ3v) is 5.58. The minimum atomic E-state index is 0.498. The summed E-state index contributed by atoms with van der Waals surface area (Å²) >= 11 is 5.51. The fourth-order valence-corrected chi connectivity index (χ4v) is 3.35. The van der Waals surface area contributed by atoms with Gasteiger partial charge in [-0.15, -0.1) is 11.6 Å². The molecule has 0 radical (unpaired) electrons. The van der Waals surface area contributed by atoms with E-state index in [9.17, 15) is 0 Å². The highest BCUT2D eigenvalue weighted by molar-refractivity contribution is 6.17. The monoisotopic (exact) mass is 654 g/mol. The second-order valence-corrected chi connectivity index (χ2v) is 9.34. The van der Waals surface area contributed by atoms with Gasteiger partial charge in [0, 0.05) is 5.88 Å². The van der Waals surface area contributed by atoms with E-state index in [4.69, 9.17) is 68.4 Å². The molecule has 0 heterocycles. The van der Waals surface area contributed by atoms with Crippen LogP contribution in [0.5, 0.6) is 0 Å². The first-order valence-corrected chi connectivity index (χ1v) is 16.0. The number of benzene rings is 1. The number of alkyl halides is 1. The summed E-state index contributed by atoms with van der Waals surface area (Å²) in [7, 11) is 0. The highest BCUT2D eigenvalue weighted by Gasteiger charge is 1.97. The number of hydrogen-bond donors (Lipinski definition) is 0. The van der Waals surface area contributed by atoms with E-state index < -0.39 is 0 Å². The van der Waals surface area contributed by atoms with Crippen LogP contribution in [0.15, 0.2) is 30.3 Å². The third-order valence-electron chi connectivity index (χ3n) is 5.43. The first kappa shape index (κ1) is 41.1. The molecule has 1 aromatic rings. The molecule has 0 unspecified atom stereocenters. The van der Waals surface area contributed by atoms with Gasteiger partial charge < -0.3 is 56.8 Å². The Morgan fingerprint density at radius 2 is 0.523 bits per heavy atom. The van der Waals surface area contributed by atoms with E-state index in [-0.39, 0.29) is 0 Å². The molecular formula is C31H55ClO12. The summed E-state index contributed by atoms with van der Waals surface area (Å²) in [6.45, 7) is 12.7. The first-order chi connectivity index (χ1) is 21.9. The average Bonchev–Trinajstić information content (AvgIpc) is 3.05. The molecule has 44 heavy (non-hydrogen) atoms. The van der Waals surface area contributed by atoms with Crippen molar-refractivity contribution in [3.05, 3.63) is 35.9 Å². The second-order valence-electron chi connectivity index (χ2n) is 8.96. The van der Waals surface area contributed by atoms with Crippen LogP contribution in [0, 0.1) is 0 Å². The summed E-state index contributed by atoms with van der Waals surface area (Å²) < 4.78 is 65.3. The van der Waals surface area contributed by atoms with E-state index in [1.165, 1.54) is 0 Å². The Bertz CT molecular complexity index is 662. The number of halogens is 1. The van der Waals surface area contributed by atoms with Gasteiger partial charge in [0.1, 0.15) is 0 Å². The van der Waals surface area contributed by atoms with Crippen molar-refractivity contribution < 1.29 is 56.8 Å². The van der Waals surface area contributed by atoms with Crippen molar-refractivity contribution in [2.45, 2.75) is 6.61 Å². The number of hydrogen-bond acceptors (Lipinski definition) is 12. The Kier molecular flexibility index (Phi) is 34.1. The molecule has 0 saturated heterocycles. The lowest BCUT2D eigenvalue weighted by Crippen LogP contribution is -2.15. The Balaban J connectivity index is 1.61. The van der Waals surface area contributed by atoms with Crippen molar-refractivity contribution >= 4 is 11.6 Å². The Hall–Kier alpha value is -0.970. The van der Waals surface area contributed by atoms with Gasteiger partial charge in [-0.1, -0.05) is 30.3 Å². The van der Waals surface area contributed by atoms with E-state index >= 15 is 0 Å². The first-order valence-electron chi connectivity index (χ1n) is 15.5. The normalized spacial score (nSPS) is 11.5. The molecule has 258 valence electrons. The van der Waals surface area contributed by atoms with Crippen molar-refractivity contribution in [1.29, 1.82) is 0 Å². The maximum absolute atomic E-state index is 5.56. The minimum absolute atomic E-state index is 0.498. The van der Waals surface area contributed by atoms with Crippen LogP contribution in [0.1, 0.15) is 5.56 Å². The molecule has 0 amide bonds. The minimum Gasteiger partial charge on any atom is -0.378 e. The van der Waals surface area contributed by atoms with Gasteiger partial charge >= 0.3 is 0 Å². The van der Waals surface area contributed by atoms with Crippen LogP contribution in [-0.2, 0) is 63.4 Å². The van der Waals surface area contributed by atoms with Gasteiger partial charge in [-0.2, -0.15) is 0 Å². The molecule has 0 N–H and O–H groups in total. The standard InChI is InChI=1S/C31H55ClO12/c32-6-7-33-8-9-34-10-11-35-12-13-36-14-15-37-16-17-38-18-19-39-20-21-40-22-23-41-24-25-42-26-27-43-28-29-44-30-31-4-2-1-3-5-31/h1-5H,6-30H2. The number of ether oxygens (including phenoxy) is 12. The molecule has 0 fully saturated rings. The lowest BCUT2D eigenvalue weighted by atomic mass is 10.2. The molecule has 0 bridgehead atoms. The zero-order chi connectivity index (χ0) is 31.3. The molecular weight excluding hydrogens is 600 g/mol. The SMILES string of the molecule is ClCCOCCOCCOCCOCCOCCOCCOCCOCCOCCOCCOCCOCc1ccccc1. The van der Waals surface area contributed by atoms with Crippen LogP contribution in [0.4, 0.5) is 0 Å². The smallest absolute Gasteiger partial charge is 0.0718 e. The lowest BCUT2D eigenvalue weighted by Gasteiger charge is -2.09. The molecule has 13 heteroatoms. The van der Waals surface area contributed by atoms with Crippen molar-refractivity contribution in [1.82, 2.24) is 0 Å². The maximum Gasteiger partial charge on any atom is 0.0718 e. The van der Waals surface area contributed by atoms with Gasteiger partial charge in [-0.3, -0.25) is 0 Å². The summed E-state index contributed by atoms with van der Waals surface area (Å²) in [6.07, 6.45) is 0. The van der Waals surface area contributed by atoms with Crippen molar-refractivity contribution in [2.24, 2.45) is 0 Å². The largest absolute Gasteiger partial charge is 0.378 e. The summed E-state index contributed by atoms with van der Waals surface area (Å²) in [4.78, 5) is 0. The van der Waals surface area contributed by atoms with Gasteiger partial charge in [0.05, 0.1) is 159 Å². The van der Waals surface area contributed by atoms with Crippen LogP contribution >= 0.6 is 11.6 Å². The van der Waals surface area contributed by atoms with Crippen molar-refractivity contribution in [2.75, 3.05) is 158 Å². The average molecular weight is 655 g/mol. The van der Waals surface area contributed by atoms with E-state index in [2.05, 4.69) is 0 Å². The van der Waals surface area contributed by atoms with E-state index in [0.717, 1.165) is 5.56 Å². The van der Waals surface area contributed by atoms with Gasteiger partial charge in [-0.25, -0.2) is 0 Å². The number of rotatable bonds is 37. The Labute approximate surface area is 268 Å². The van der Waals surface area contributed by atoms with Crippen LogP contribution in [0.3, 0.4) is 0 Å². The Morgan fingerprint density at radius 3 is 0.773 bits per heavy atom. The lowest BCUT2D eigenvalue weighted by molar-refractivity contribution is -0.0284. The molecule has 0 atom stereocenters. The maximum atomic E-state index is 5.56. The highest BCUT2D eigenvalue weighted by Crippen LogP contribution is 2.00. The van der Waals surface area contributed by atoms with E-state index in [0.29, 0.717) is 164 Å². The van der Waals surface area contributed by atoms with Gasteiger partial charge in [-0.05, 0) is 5.56 Å². The van der Waals surface area contributed by atoms with Crippen LogP contribution in [0.2, 0.25) is 0 Å². The summed E-state index contributed by atoms with van der Waals surface area (Å²) in [6, 6.07) is 10.1. The van der Waals surface area contributed by atoms with Gasteiger partial charge in [0.15, 0.2) is 0 Å². The fraction of sp³-hybridized carbons (Fsp3) is 0.806. The summed E-state index contributed by atoms with van der Waals surface area (Å²) in [5.74, 6) is 0.498. The van der Waals surface area contributed by atoms with Crippen LogP contribution in [-0.4, -0.2) is 158 Å². The molecule has 0 aliphatic rings. The summed E-state index contributed by atoms with van der Waals surface area (Å²) in [5, 5.41) is 0. The molecule has 1 aromatic carbocycles. The molecule has 0 aliphatic heterocycles. The summed E-state index contributed by atoms with van der Waals surface area (Å²) in [5.41, 5.74) is 1.16. The van der Waals surface area contributed by atoms with Crippen LogP contribution < -0.4 is 0 Å². The highest BCUT2D eigenvalue weighted by atomic mass is 35.5. The molecule has 0 saturated carbocycles. The zero-order valence-corrected chi connectivity index (χ0v) is 27.1. The van der Waals surface area contributed by atoms with E-state index in [1.54, 1.807) is 0 Å². The molecule has 12 nitrogen and oxygen atoms in total. The Morgan fingerprint density at radius 1 is 0.295 bits per heavy atom. The van der Waals surface area contributed by atoms with Crippen molar-refractivity contribution in [3.8, 4) is 0 Å². The predicted octanol–water partition coefficient (Wildman–Crippen LogP) is 2.62. The van der Waals surface area contributed by atoms with Gasteiger partial charge in [0.25, 0.3) is 0 Å². The topological polar surface area (TPSA) is 111 Å². The molecule has 1 rings (SSSR count).